The lowest BCUT2D eigenvalue weighted by Gasteiger charge is -2.16. The summed E-state index contributed by atoms with van der Waals surface area (Å²) in [5, 5.41) is 8.44. The molecule has 0 atom stereocenters. The molecular weight excluding hydrogens is 344 g/mol. The third-order valence-electron chi connectivity index (χ3n) is 4.34. The summed E-state index contributed by atoms with van der Waals surface area (Å²) < 4.78 is 28.4. The Bertz CT molecular complexity index is 1100. The van der Waals surface area contributed by atoms with Gasteiger partial charge < -0.3 is 0 Å². The zero-order valence-corrected chi connectivity index (χ0v) is 14.5. The topological polar surface area (TPSA) is 38.7 Å². The van der Waals surface area contributed by atoms with Gasteiger partial charge in [-0.15, -0.1) is 5.10 Å². The maximum absolute atomic E-state index is 14.6. The van der Waals surface area contributed by atoms with E-state index >= 15 is 0 Å². The molecule has 132 valence electrons. The van der Waals surface area contributed by atoms with Crippen LogP contribution in [0.1, 0.15) is 5.69 Å². The van der Waals surface area contributed by atoms with Crippen molar-refractivity contribution in [3.8, 4) is 33.6 Å². The van der Waals surface area contributed by atoms with E-state index in [-0.39, 0.29) is 11.3 Å². The normalized spacial score (nSPS) is 10.8. The highest BCUT2D eigenvalue weighted by Crippen LogP contribution is 2.39. The molecule has 0 saturated heterocycles. The van der Waals surface area contributed by atoms with Crippen molar-refractivity contribution in [1.82, 2.24) is 15.2 Å². The van der Waals surface area contributed by atoms with Crippen LogP contribution in [0.4, 0.5) is 8.78 Å². The van der Waals surface area contributed by atoms with Gasteiger partial charge in [0.15, 0.2) is 11.6 Å². The molecule has 0 amide bonds. The number of hydrogen-bond donors (Lipinski definition) is 0. The molecule has 0 saturated carbocycles. The minimum Gasteiger partial charge on any atom is -0.256 e. The van der Waals surface area contributed by atoms with Crippen molar-refractivity contribution in [3.05, 3.63) is 90.3 Å². The van der Waals surface area contributed by atoms with E-state index in [0.717, 1.165) is 17.2 Å². The van der Waals surface area contributed by atoms with Crippen molar-refractivity contribution in [3.63, 3.8) is 0 Å². The van der Waals surface area contributed by atoms with Gasteiger partial charge in [0.2, 0.25) is 0 Å². The van der Waals surface area contributed by atoms with Crippen LogP contribution >= 0.6 is 0 Å². The number of halogens is 2. The summed E-state index contributed by atoms with van der Waals surface area (Å²) in [6.45, 7) is 1.83. The van der Waals surface area contributed by atoms with Gasteiger partial charge >= 0.3 is 0 Å². The number of pyridine rings is 1. The summed E-state index contributed by atoms with van der Waals surface area (Å²) in [5.74, 6) is -1.87. The van der Waals surface area contributed by atoms with Crippen molar-refractivity contribution < 1.29 is 8.78 Å². The van der Waals surface area contributed by atoms with Crippen LogP contribution in [-0.2, 0) is 0 Å². The lowest BCUT2D eigenvalue weighted by molar-refractivity contribution is 0.511. The lowest BCUT2D eigenvalue weighted by Crippen LogP contribution is -2.02. The van der Waals surface area contributed by atoms with E-state index in [1.807, 2.05) is 55.5 Å². The zero-order valence-electron chi connectivity index (χ0n) is 14.5. The second-order valence-corrected chi connectivity index (χ2v) is 6.07. The largest absolute Gasteiger partial charge is 0.256 e. The van der Waals surface area contributed by atoms with Crippen LogP contribution in [0.5, 0.6) is 0 Å². The third-order valence-corrected chi connectivity index (χ3v) is 4.34. The first kappa shape index (κ1) is 17.0. The van der Waals surface area contributed by atoms with E-state index in [0.29, 0.717) is 17.0 Å². The van der Waals surface area contributed by atoms with E-state index in [2.05, 4.69) is 15.2 Å². The van der Waals surface area contributed by atoms with Gasteiger partial charge in [0.05, 0.1) is 11.4 Å². The van der Waals surface area contributed by atoms with Gasteiger partial charge in [-0.25, -0.2) is 8.78 Å². The monoisotopic (exact) mass is 359 g/mol. The highest BCUT2D eigenvalue weighted by atomic mass is 19.2. The Morgan fingerprint density at radius 2 is 1.52 bits per heavy atom. The molecule has 0 aliphatic heterocycles. The molecule has 0 bridgehead atoms. The Kier molecular flexibility index (Phi) is 4.42. The summed E-state index contributed by atoms with van der Waals surface area (Å²) in [7, 11) is 0. The minimum atomic E-state index is -0.945. The molecule has 0 aliphatic carbocycles. The molecular formula is C22H15F2N3. The summed E-state index contributed by atoms with van der Waals surface area (Å²) in [5.41, 5.74) is 3.95. The molecule has 3 nitrogen and oxygen atoms in total. The molecule has 27 heavy (non-hydrogen) atoms. The number of rotatable bonds is 3. The maximum Gasteiger partial charge on any atom is 0.168 e. The SMILES string of the molecule is Cc1nnc(-c2cccc(F)c2F)c(-c2ccccc2)c1-c1ccccn1. The van der Waals surface area contributed by atoms with Crippen molar-refractivity contribution in [2.75, 3.05) is 0 Å². The van der Waals surface area contributed by atoms with Crippen LogP contribution in [0.15, 0.2) is 72.9 Å². The number of benzene rings is 2. The van der Waals surface area contributed by atoms with Gasteiger partial charge in [-0.05, 0) is 36.8 Å². The van der Waals surface area contributed by atoms with Crippen molar-refractivity contribution in [2.24, 2.45) is 0 Å². The number of aromatic nitrogens is 3. The fourth-order valence-electron chi connectivity index (χ4n) is 3.11. The first-order valence-corrected chi connectivity index (χ1v) is 8.45. The van der Waals surface area contributed by atoms with E-state index in [1.165, 1.54) is 12.1 Å². The smallest absolute Gasteiger partial charge is 0.168 e. The van der Waals surface area contributed by atoms with Gasteiger partial charge in [-0.3, -0.25) is 4.98 Å². The molecule has 2 aromatic heterocycles. The predicted octanol–water partition coefficient (Wildman–Crippen LogP) is 5.46. The molecule has 4 aromatic rings. The van der Waals surface area contributed by atoms with Crippen LogP contribution in [0, 0.1) is 18.6 Å². The fraction of sp³-hybridized carbons (Fsp3) is 0.0455. The lowest BCUT2D eigenvalue weighted by atomic mass is 9.92. The molecule has 2 aromatic carbocycles. The second-order valence-electron chi connectivity index (χ2n) is 6.07. The summed E-state index contributed by atoms with van der Waals surface area (Å²) in [6.07, 6.45) is 1.69. The van der Waals surface area contributed by atoms with Crippen LogP contribution in [0.25, 0.3) is 33.6 Å². The molecule has 0 aliphatic rings. The summed E-state index contributed by atoms with van der Waals surface area (Å²) in [6, 6.07) is 19.1. The van der Waals surface area contributed by atoms with E-state index in [1.54, 1.807) is 6.20 Å². The quantitative estimate of drug-likeness (QED) is 0.488. The first-order valence-electron chi connectivity index (χ1n) is 8.45. The van der Waals surface area contributed by atoms with Gasteiger partial charge in [0.25, 0.3) is 0 Å². The zero-order chi connectivity index (χ0) is 18.8. The number of nitrogens with zero attached hydrogens (tertiary/aromatic N) is 3. The summed E-state index contributed by atoms with van der Waals surface area (Å²) in [4.78, 5) is 4.44. The molecule has 0 unspecified atom stereocenters. The Hall–Kier alpha value is -3.47. The van der Waals surface area contributed by atoms with Gasteiger partial charge in [-0.2, -0.15) is 5.10 Å². The predicted molar refractivity (Wildman–Crippen MR) is 101 cm³/mol. The van der Waals surface area contributed by atoms with Gasteiger partial charge in [-0.1, -0.05) is 42.5 Å². The average molecular weight is 359 g/mol. The molecule has 0 fully saturated rings. The number of aryl methyl sites for hydroxylation is 1. The van der Waals surface area contributed by atoms with Crippen LogP contribution in [0.2, 0.25) is 0 Å². The van der Waals surface area contributed by atoms with Crippen molar-refractivity contribution in [1.29, 1.82) is 0 Å². The van der Waals surface area contributed by atoms with Crippen LogP contribution in [-0.4, -0.2) is 15.2 Å². The molecule has 5 heteroatoms. The Morgan fingerprint density at radius 1 is 0.741 bits per heavy atom. The van der Waals surface area contributed by atoms with E-state index < -0.39 is 11.6 Å². The minimum absolute atomic E-state index is 0.0681. The van der Waals surface area contributed by atoms with Crippen LogP contribution in [0.3, 0.4) is 0 Å². The Morgan fingerprint density at radius 3 is 2.26 bits per heavy atom. The van der Waals surface area contributed by atoms with Crippen LogP contribution < -0.4 is 0 Å². The standard InChI is InChI=1S/C22H15F2N3/c1-14-19(18-12-5-6-13-25-18)20(15-8-3-2-4-9-15)22(27-26-14)16-10-7-11-17(23)21(16)24/h2-13H,1H3. The van der Waals surface area contributed by atoms with Crippen molar-refractivity contribution in [2.45, 2.75) is 6.92 Å². The number of hydrogen-bond acceptors (Lipinski definition) is 3. The summed E-state index contributed by atoms with van der Waals surface area (Å²) >= 11 is 0. The van der Waals surface area contributed by atoms with E-state index in [4.69, 9.17) is 0 Å². The average Bonchev–Trinajstić information content (AvgIpc) is 2.71. The Labute approximate surface area is 155 Å². The molecule has 0 N–H and O–H groups in total. The highest BCUT2D eigenvalue weighted by molar-refractivity contribution is 5.92. The first-order chi connectivity index (χ1) is 13.2. The molecule has 4 rings (SSSR count). The van der Waals surface area contributed by atoms with Gasteiger partial charge in [0.1, 0.15) is 5.69 Å². The van der Waals surface area contributed by atoms with Gasteiger partial charge in [0, 0.05) is 22.9 Å². The Balaban J connectivity index is 2.11. The molecule has 2 heterocycles. The highest BCUT2D eigenvalue weighted by Gasteiger charge is 2.22. The third kappa shape index (κ3) is 3.08. The fourth-order valence-corrected chi connectivity index (χ4v) is 3.11. The second kappa shape index (κ2) is 7.03. The van der Waals surface area contributed by atoms with E-state index in [9.17, 15) is 8.78 Å². The van der Waals surface area contributed by atoms with Crippen molar-refractivity contribution >= 4 is 0 Å². The molecule has 0 spiro atoms. The maximum atomic E-state index is 14.6. The molecule has 0 radical (unpaired) electrons.